The highest BCUT2D eigenvalue weighted by Crippen LogP contribution is 2.36. The van der Waals surface area contributed by atoms with E-state index >= 15 is 0 Å². The minimum absolute atomic E-state index is 0.361. The highest BCUT2D eigenvalue weighted by atomic mass is 35.5. The van der Waals surface area contributed by atoms with Crippen molar-refractivity contribution in [1.29, 1.82) is 0 Å². The van der Waals surface area contributed by atoms with Gasteiger partial charge in [0, 0.05) is 46.8 Å². The van der Waals surface area contributed by atoms with E-state index in [2.05, 4.69) is 67.8 Å². The van der Waals surface area contributed by atoms with Gasteiger partial charge in [0.1, 0.15) is 0 Å². The van der Waals surface area contributed by atoms with Gasteiger partial charge in [-0.05, 0) is 66.3 Å². The first-order valence-electron chi connectivity index (χ1n) is 12.4. The van der Waals surface area contributed by atoms with Gasteiger partial charge in [0.25, 0.3) is 0 Å². The van der Waals surface area contributed by atoms with Gasteiger partial charge in [0.2, 0.25) is 10.0 Å². The fourth-order valence-corrected chi connectivity index (χ4v) is 6.59. The molecule has 0 aliphatic carbocycles. The minimum atomic E-state index is -3.53. The molecule has 0 radical (unpaired) electrons. The molecule has 1 aliphatic rings. The van der Waals surface area contributed by atoms with Gasteiger partial charge in [-0.2, -0.15) is 4.31 Å². The lowest BCUT2D eigenvalue weighted by Crippen LogP contribution is -2.34. The quantitative estimate of drug-likeness (QED) is 0.269. The van der Waals surface area contributed by atoms with Crippen molar-refractivity contribution < 1.29 is 8.42 Å². The Balaban J connectivity index is 1.45. The van der Waals surface area contributed by atoms with Crippen LogP contribution in [0.2, 0.25) is 5.02 Å². The molecule has 0 fully saturated rings. The van der Waals surface area contributed by atoms with Crippen molar-refractivity contribution in [2.45, 2.75) is 44.6 Å². The largest absolute Gasteiger partial charge is 0.340 e. The first-order chi connectivity index (χ1) is 17.3. The SMILES string of the molecule is Cc1c(C2=CCN(S(=O)(=O)c3ccc(C(C)C)cc3)CC2)c2ccccc2n1Cc1ccc(Cl)cc1. The van der Waals surface area contributed by atoms with Crippen LogP contribution in [0.15, 0.2) is 83.8 Å². The van der Waals surface area contributed by atoms with Gasteiger partial charge >= 0.3 is 0 Å². The van der Waals surface area contributed by atoms with E-state index < -0.39 is 10.0 Å². The predicted octanol–water partition coefficient (Wildman–Crippen LogP) is 7.25. The summed E-state index contributed by atoms with van der Waals surface area (Å²) in [6, 6.07) is 23.7. The second-order valence-electron chi connectivity index (χ2n) is 9.76. The molecular weight excluding hydrogens is 488 g/mol. The van der Waals surface area contributed by atoms with Crippen LogP contribution in [-0.4, -0.2) is 30.4 Å². The third kappa shape index (κ3) is 4.63. The summed E-state index contributed by atoms with van der Waals surface area (Å²) >= 11 is 6.09. The second-order valence-corrected chi connectivity index (χ2v) is 12.1. The standard InChI is InChI=1S/C30H31ClN2O2S/c1-21(2)24-10-14-27(15-11-24)36(34,35)32-18-16-25(17-19-32)30-22(3)33(29-7-5-4-6-28(29)30)20-23-8-12-26(31)13-9-23/h4-16,21H,17-20H2,1-3H3. The van der Waals surface area contributed by atoms with Crippen LogP contribution < -0.4 is 0 Å². The van der Waals surface area contributed by atoms with Crippen molar-refractivity contribution in [2.75, 3.05) is 13.1 Å². The second kappa shape index (κ2) is 9.89. The number of aromatic nitrogens is 1. The minimum Gasteiger partial charge on any atom is -0.340 e. The molecule has 36 heavy (non-hydrogen) atoms. The zero-order valence-corrected chi connectivity index (χ0v) is 22.5. The molecule has 0 saturated carbocycles. The molecule has 186 valence electrons. The van der Waals surface area contributed by atoms with Crippen LogP contribution in [0, 0.1) is 6.92 Å². The van der Waals surface area contributed by atoms with Crippen LogP contribution in [0.5, 0.6) is 0 Å². The fraction of sp³-hybridized carbons (Fsp3) is 0.267. The molecule has 0 amide bonds. The van der Waals surface area contributed by atoms with Gasteiger partial charge in [-0.1, -0.05) is 74.0 Å². The normalized spacial score (nSPS) is 15.0. The molecule has 1 aliphatic heterocycles. The van der Waals surface area contributed by atoms with E-state index in [-0.39, 0.29) is 0 Å². The summed E-state index contributed by atoms with van der Waals surface area (Å²) in [6.45, 7) is 7.97. The molecule has 4 nitrogen and oxygen atoms in total. The third-order valence-electron chi connectivity index (χ3n) is 7.16. The van der Waals surface area contributed by atoms with Crippen molar-refractivity contribution in [1.82, 2.24) is 8.87 Å². The van der Waals surface area contributed by atoms with Gasteiger partial charge in [-0.3, -0.25) is 0 Å². The molecule has 4 aromatic rings. The maximum absolute atomic E-state index is 13.3. The Morgan fingerprint density at radius 1 is 0.944 bits per heavy atom. The van der Waals surface area contributed by atoms with E-state index in [0.717, 1.165) is 17.1 Å². The van der Waals surface area contributed by atoms with Crippen LogP contribution >= 0.6 is 11.6 Å². The Morgan fingerprint density at radius 3 is 2.28 bits per heavy atom. The van der Waals surface area contributed by atoms with Crippen LogP contribution in [0.3, 0.4) is 0 Å². The smallest absolute Gasteiger partial charge is 0.243 e. The molecule has 0 N–H and O–H groups in total. The molecule has 0 unspecified atom stereocenters. The van der Waals surface area contributed by atoms with E-state index in [1.54, 1.807) is 16.4 Å². The predicted molar refractivity (Wildman–Crippen MR) is 149 cm³/mol. The molecule has 0 bridgehead atoms. The zero-order chi connectivity index (χ0) is 25.4. The van der Waals surface area contributed by atoms with Gasteiger partial charge in [-0.15, -0.1) is 0 Å². The molecule has 2 heterocycles. The maximum Gasteiger partial charge on any atom is 0.243 e. The van der Waals surface area contributed by atoms with E-state index in [9.17, 15) is 8.42 Å². The molecule has 0 atom stereocenters. The average Bonchev–Trinajstić information content (AvgIpc) is 3.16. The van der Waals surface area contributed by atoms with Gasteiger partial charge in [-0.25, -0.2) is 8.42 Å². The maximum atomic E-state index is 13.3. The number of nitrogens with zero attached hydrogens (tertiary/aromatic N) is 2. The van der Waals surface area contributed by atoms with Crippen molar-refractivity contribution in [3.63, 3.8) is 0 Å². The number of para-hydroxylation sites is 1. The topological polar surface area (TPSA) is 42.3 Å². The number of halogens is 1. The van der Waals surface area contributed by atoms with Crippen molar-refractivity contribution in [3.8, 4) is 0 Å². The molecular formula is C30H31ClN2O2S. The van der Waals surface area contributed by atoms with Crippen LogP contribution in [-0.2, 0) is 16.6 Å². The molecule has 1 aromatic heterocycles. The molecule has 0 saturated heterocycles. The number of fused-ring (bicyclic) bond motifs is 1. The van der Waals surface area contributed by atoms with Crippen LogP contribution in [0.25, 0.3) is 16.5 Å². The Kier molecular flexibility index (Phi) is 6.82. The van der Waals surface area contributed by atoms with Crippen LogP contribution in [0.4, 0.5) is 0 Å². The number of rotatable bonds is 6. The summed E-state index contributed by atoms with van der Waals surface area (Å²) in [5.41, 5.74) is 7.13. The van der Waals surface area contributed by atoms with Crippen molar-refractivity contribution >= 4 is 38.1 Å². The Hall–Kier alpha value is -2.86. The van der Waals surface area contributed by atoms with Crippen molar-refractivity contribution in [3.05, 3.63) is 106 Å². The Morgan fingerprint density at radius 2 is 1.64 bits per heavy atom. The van der Waals surface area contributed by atoms with Gasteiger partial charge < -0.3 is 4.57 Å². The number of hydrogen-bond acceptors (Lipinski definition) is 2. The van der Waals surface area contributed by atoms with Gasteiger partial charge in [0.05, 0.1) is 4.90 Å². The highest BCUT2D eigenvalue weighted by molar-refractivity contribution is 7.89. The van der Waals surface area contributed by atoms with E-state index in [1.807, 2.05) is 24.3 Å². The molecule has 0 spiro atoms. The first-order valence-corrected chi connectivity index (χ1v) is 14.2. The van der Waals surface area contributed by atoms with Crippen LogP contribution in [0.1, 0.15) is 48.6 Å². The summed E-state index contributed by atoms with van der Waals surface area (Å²) in [5, 5.41) is 1.94. The Labute approximate surface area is 218 Å². The number of benzene rings is 3. The third-order valence-corrected chi connectivity index (χ3v) is 9.29. The lowest BCUT2D eigenvalue weighted by atomic mass is 9.97. The molecule has 6 heteroatoms. The lowest BCUT2D eigenvalue weighted by molar-refractivity contribution is 0.441. The summed E-state index contributed by atoms with van der Waals surface area (Å²) in [7, 11) is -3.53. The van der Waals surface area contributed by atoms with E-state index in [0.29, 0.717) is 30.3 Å². The lowest BCUT2D eigenvalue weighted by Gasteiger charge is -2.26. The molecule has 5 rings (SSSR count). The summed E-state index contributed by atoms with van der Waals surface area (Å²) in [5.74, 6) is 0.368. The van der Waals surface area contributed by atoms with E-state index in [1.165, 1.54) is 33.3 Å². The molecule has 3 aromatic carbocycles. The summed E-state index contributed by atoms with van der Waals surface area (Å²) < 4.78 is 30.5. The van der Waals surface area contributed by atoms with Gasteiger partial charge in [0.15, 0.2) is 0 Å². The number of hydrogen-bond donors (Lipinski definition) is 0. The fourth-order valence-electron chi connectivity index (χ4n) is 5.08. The first kappa shape index (κ1) is 24.8. The average molecular weight is 519 g/mol. The monoisotopic (exact) mass is 518 g/mol. The summed E-state index contributed by atoms with van der Waals surface area (Å²) in [6.07, 6.45) is 2.77. The Bertz CT molecular complexity index is 1530. The highest BCUT2D eigenvalue weighted by Gasteiger charge is 2.28. The summed E-state index contributed by atoms with van der Waals surface area (Å²) in [4.78, 5) is 0.361. The number of sulfonamides is 1. The van der Waals surface area contributed by atoms with Crippen molar-refractivity contribution in [2.24, 2.45) is 0 Å². The zero-order valence-electron chi connectivity index (χ0n) is 20.9. The van der Waals surface area contributed by atoms with E-state index in [4.69, 9.17) is 11.6 Å².